The van der Waals surface area contributed by atoms with E-state index in [2.05, 4.69) is 37.8 Å². The highest BCUT2D eigenvalue weighted by atomic mass is 15.3. The van der Waals surface area contributed by atoms with Crippen LogP contribution in [0.2, 0.25) is 0 Å². The number of nitrogens with one attached hydrogen (secondary N) is 3. The Kier molecular flexibility index (Phi) is 7.50. The molecule has 0 aliphatic heterocycles. The molecule has 0 saturated carbocycles. The van der Waals surface area contributed by atoms with E-state index in [0.29, 0.717) is 55.2 Å². The fourth-order valence-electron chi connectivity index (χ4n) is 6.20. The van der Waals surface area contributed by atoms with Crippen molar-refractivity contribution in [2.24, 2.45) is 0 Å². The van der Waals surface area contributed by atoms with Gasteiger partial charge in [0, 0.05) is 72.6 Å². The molecule has 0 radical (unpaired) electrons. The van der Waals surface area contributed by atoms with Crippen molar-refractivity contribution < 1.29 is 0 Å². The van der Waals surface area contributed by atoms with Crippen LogP contribution in [0.5, 0.6) is 0 Å². The van der Waals surface area contributed by atoms with Gasteiger partial charge in [-0.3, -0.25) is 19.6 Å². The zero-order valence-corrected chi connectivity index (χ0v) is 26.4. The van der Waals surface area contributed by atoms with Crippen molar-refractivity contribution in [1.29, 1.82) is 10.5 Å². The van der Waals surface area contributed by atoms with Crippen LogP contribution in [0.4, 0.5) is 17.3 Å². The normalized spacial score (nSPS) is 11.5. The van der Waals surface area contributed by atoms with Crippen LogP contribution in [0.25, 0.3) is 66.1 Å². The Balaban J connectivity index is 1.18. The maximum atomic E-state index is 8.97. The summed E-state index contributed by atoms with van der Waals surface area (Å²) in [6.45, 7) is 1.32. The minimum atomic E-state index is 0.396. The maximum Gasteiger partial charge on any atom is 0.142 e. The van der Waals surface area contributed by atoms with Crippen molar-refractivity contribution in [1.82, 2.24) is 49.9 Å². The fraction of sp³-hybridized carbons (Fsp3) is 0.200. The molecule has 0 bridgehead atoms. The molecule has 0 aliphatic rings. The Morgan fingerprint density at radius 1 is 0.735 bits per heavy atom. The Morgan fingerprint density at radius 2 is 1.43 bits per heavy atom. The summed E-state index contributed by atoms with van der Waals surface area (Å²) < 4.78 is 3.75. The average molecular weight is 647 g/mol. The average Bonchev–Trinajstić information content (AvgIpc) is 3.94. The van der Waals surface area contributed by atoms with Crippen molar-refractivity contribution in [2.45, 2.75) is 45.2 Å². The van der Waals surface area contributed by atoms with Crippen molar-refractivity contribution in [3.05, 3.63) is 67.3 Å². The number of unbranched alkanes of at least 4 members (excludes halogenated alkanes) is 3. The molecule has 0 atom stereocenters. The van der Waals surface area contributed by atoms with E-state index in [9.17, 15) is 0 Å². The van der Waals surface area contributed by atoms with E-state index in [1.54, 1.807) is 12.4 Å². The number of anilines is 3. The number of nitrogens with zero attached hydrogens (tertiary/aromatic N) is 10. The van der Waals surface area contributed by atoms with Gasteiger partial charge in [0.25, 0.3) is 0 Å². The first-order valence-electron chi connectivity index (χ1n) is 16.0. The van der Waals surface area contributed by atoms with Gasteiger partial charge in [-0.2, -0.15) is 30.9 Å². The van der Waals surface area contributed by atoms with Gasteiger partial charge in [-0.05, 0) is 49.6 Å². The lowest BCUT2D eigenvalue weighted by molar-refractivity contribution is 0.566. The Morgan fingerprint density at radius 3 is 2.20 bits per heavy atom. The van der Waals surface area contributed by atoms with Gasteiger partial charge >= 0.3 is 0 Å². The van der Waals surface area contributed by atoms with E-state index in [0.717, 1.165) is 73.4 Å². The predicted octanol–water partition coefficient (Wildman–Crippen LogP) is 6.59. The number of nitrogens with two attached hydrogens (primary N) is 1. The Hall–Kier alpha value is -6.80. The third-order valence-electron chi connectivity index (χ3n) is 8.60. The number of nitrogen functional groups attached to an aromatic ring is 1. The van der Waals surface area contributed by atoms with Gasteiger partial charge in [-0.25, -0.2) is 9.97 Å². The quantitative estimate of drug-likeness (QED) is 0.111. The highest BCUT2D eigenvalue weighted by molar-refractivity contribution is 6.10. The smallest absolute Gasteiger partial charge is 0.142 e. The molecule has 6 heterocycles. The molecule has 8 aromatic rings. The van der Waals surface area contributed by atoms with E-state index < -0.39 is 0 Å². The molecule has 240 valence electrons. The number of rotatable bonds is 11. The Labute approximate surface area is 279 Å². The molecule has 0 unspecified atom stereocenters. The molecule has 0 aliphatic carbocycles. The van der Waals surface area contributed by atoms with Crippen molar-refractivity contribution in [2.75, 3.05) is 11.1 Å². The summed E-state index contributed by atoms with van der Waals surface area (Å²) in [7, 11) is 0. The van der Waals surface area contributed by atoms with E-state index >= 15 is 0 Å². The van der Waals surface area contributed by atoms with Crippen LogP contribution in [-0.4, -0.2) is 49.9 Å². The molecule has 0 saturated heterocycles. The third-order valence-corrected chi connectivity index (χ3v) is 8.60. The SMILES string of the molecule is N#CCCCCn1cc2c(Nc3c[nH]nc3-c3ccc4c(c3)nc(N)c3cn(CCCC#N)nc34)nc3cc(-c4cc[nH]n4)ccc3c2n1. The minimum absolute atomic E-state index is 0.396. The van der Waals surface area contributed by atoms with Crippen molar-refractivity contribution in [3.63, 3.8) is 0 Å². The molecule has 49 heavy (non-hydrogen) atoms. The lowest BCUT2D eigenvalue weighted by atomic mass is 10.1. The van der Waals surface area contributed by atoms with E-state index in [-0.39, 0.29) is 0 Å². The zero-order chi connectivity index (χ0) is 33.3. The second-order valence-corrected chi connectivity index (χ2v) is 11.8. The first kappa shape index (κ1) is 29.6. The standard InChI is InChI=1S/C35H30N14/c36-11-2-1-4-14-49-20-26-33(47-49)24-8-6-21(27-10-13-39-44-27)16-29(24)42-35(26)43-30-18-40-45-31(30)22-7-9-23-28(17-22)41-34(38)25-19-48(46-32(23)25)15-5-3-12-37/h6-10,13,16-20H,1-5,14-15H2,(H2,38,41)(H,39,44)(H,40,45)(H,42,43). The molecule has 6 aromatic heterocycles. The summed E-state index contributed by atoms with van der Waals surface area (Å²) >= 11 is 0. The van der Waals surface area contributed by atoms with Crippen LogP contribution in [0.3, 0.4) is 0 Å². The van der Waals surface area contributed by atoms with Gasteiger partial charge in [0.15, 0.2) is 0 Å². The zero-order valence-electron chi connectivity index (χ0n) is 26.4. The third kappa shape index (κ3) is 5.51. The largest absolute Gasteiger partial charge is 0.383 e. The number of hydrogen-bond donors (Lipinski definition) is 4. The summed E-state index contributed by atoms with van der Waals surface area (Å²) in [4.78, 5) is 9.79. The monoisotopic (exact) mass is 646 g/mol. The fourth-order valence-corrected chi connectivity index (χ4v) is 6.20. The lowest BCUT2D eigenvalue weighted by Crippen LogP contribution is -1.97. The number of hydrogen-bond acceptors (Lipinski definition) is 10. The van der Waals surface area contributed by atoms with Gasteiger partial charge in [-0.1, -0.05) is 12.1 Å². The van der Waals surface area contributed by atoms with Crippen LogP contribution >= 0.6 is 0 Å². The van der Waals surface area contributed by atoms with Gasteiger partial charge in [0.2, 0.25) is 0 Å². The Bertz CT molecular complexity index is 2560. The van der Waals surface area contributed by atoms with Crippen LogP contribution in [0.1, 0.15) is 32.1 Å². The van der Waals surface area contributed by atoms with Crippen LogP contribution in [0.15, 0.2) is 67.3 Å². The maximum absolute atomic E-state index is 8.97. The molecular weight excluding hydrogens is 616 g/mol. The molecule has 2 aromatic carbocycles. The molecule has 5 N–H and O–H groups in total. The minimum Gasteiger partial charge on any atom is -0.383 e. The number of aromatic amines is 2. The van der Waals surface area contributed by atoms with Crippen molar-refractivity contribution >= 4 is 60.9 Å². The second kappa shape index (κ2) is 12.4. The van der Waals surface area contributed by atoms with E-state index in [1.807, 2.05) is 64.2 Å². The van der Waals surface area contributed by atoms with Gasteiger partial charge in [-0.15, -0.1) is 0 Å². The molecule has 14 nitrogen and oxygen atoms in total. The van der Waals surface area contributed by atoms with Gasteiger partial charge in [0.05, 0.1) is 45.3 Å². The molecule has 8 rings (SSSR count). The number of pyridine rings is 2. The topological polar surface area (TPSA) is 204 Å². The first-order chi connectivity index (χ1) is 24.1. The number of aryl methyl sites for hydroxylation is 2. The second-order valence-electron chi connectivity index (χ2n) is 11.8. The lowest BCUT2D eigenvalue weighted by Gasteiger charge is -2.10. The van der Waals surface area contributed by atoms with Gasteiger partial charge in [0.1, 0.15) is 28.4 Å². The summed E-state index contributed by atoms with van der Waals surface area (Å²) in [5, 5.41) is 49.4. The van der Waals surface area contributed by atoms with Gasteiger partial charge < -0.3 is 11.1 Å². The molecular formula is C35H30N14. The van der Waals surface area contributed by atoms with Crippen LogP contribution in [0, 0.1) is 22.7 Å². The molecule has 14 heteroatoms. The van der Waals surface area contributed by atoms with E-state index in [1.165, 1.54) is 0 Å². The molecule has 0 fully saturated rings. The summed E-state index contributed by atoms with van der Waals surface area (Å²) in [5.74, 6) is 1.03. The highest BCUT2D eigenvalue weighted by Gasteiger charge is 2.18. The van der Waals surface area contributed by atoms with Crippen LogP contribution < -0.4 is 11.1 Å². The summed E-state index contributed by atoms with van der Waals surface area (Å²) in [6, 6.07) is 18.3. The number of aromatic nitrogens is 10. The highest BCUT2D eigenvalue weighted by Crippen LogP contribution is 2.36. The van der Waals surface area contributed by atoms with E-state index in [4.69, 9.17) is 36.4 Å². The number of nitriles is 2. The molecule has 0 amide bonds. The predicted molar refractivity (Wildman–Crippen MR) is 187 cm³/mol. The number of H-pyrrole nitrogens is 2. The first-order valence-corrected chi connectivity index (χ1v) is 16.0. The molecule has 0 spiro atoms. The summed E-state index contributed by atoms with van der Waals surface area (Å²) in [5.41, 5.74) is 13.5. The van der Waals surface area contributed by atoms with Crippen molar-refractivity contribution in [3.8, 4) is 34.7 Å². The van der Waals surface area contributed by atoms with Crippen LogP contribution in [-0.2, 0) is 13.1 Å². The number of benzene rings is 2. The summed E-state index contributed by atoms with van der Waals surface area (Å²) in [6.07, 6.45) is 10.8. The number of fused-ring (bicyclic) bond motifs is 6.